The zero-order valence-corrected chi connectivity index (χ0v) is 9.53. The summed E-state index contributed by atoms with van der Waals surface area (Å²) in [4.78, 5) is 12.9. The summed E-state index contributed by atoms with van der Waals surface area (Å²) in [7, 11) is 0. The lowest BCUT2D eigenvalue weighted by Crippen LogP contribution is -2.22. The lowest BCUT2D eigenvalue weighted by atomic mass is 10.1. The number of pyridine rings is 1. The second kappa shape index (κ2) is 5.03. The van der Waals surface area contributed by atoms with Crippen molar-refractivity contribution in [2.24, 2.45) is 0 Å². The van der Waals surface area contributed by atoms with Gasteiger partial charge in [-0.3, -0.25) is 9.78 Å². The Hall–Kier alpha value is -1.12. The van der Waals surface area contributed by atoms with Crippen LogP contribution in [0.4, 0.5) is 22.0 Å². The van der Waals surface area contributed by atoms with Gasteiger partial charge in [0.15, 0.2) is 0 Å². The summed E-state index contributed by atoms with van der Waals surface area (Å²) in [5, 5.41) is -0.200. The van der Waals surface area contributed by atoms with Crippen LogP contribution in [0.5, 0.6) is 5.88 Å². The Labute approximate surface area is 99.7 Å². The van der Waals surface area contributed by atoms with Crippen LogP contribution in [0.25, 0.3) is 0 Å². The summed E-state index contributed by atoms with van der Waals surface area (Å²) in [6, 6.07) is 0.455. The first-order chi connectivity index (χ1) is 7.74. The molecule has 9 heteroatoms. The van der Waals surface area contributed by atoms with Crippen LogP contribution < -0.4 is 10.3 Å². The van der Waals surface area contributed by atoms with E-state index in [9.17, 15) is 26.7 Å². The molecule has 1 N–H and O–H groups in total. The van der Waals surface area contributed by atoms with Crippen molar-refractivity contribution >= 4 is 15.9 Å². The van der Waals surface area contributed by atoms with Gasteiger partial charge in [-0.1, -0.05) is 15.9 Å². The third-order valence-corrected chi connectivity index (χ3v) is 2.30. The summed E-state index contributed by atoms with van der Waals surface area (Å²) >= 11 is 2.80. The van der Waals surface area contributed by atoms with E-state index in [2.05, 4.69) is 20.7 Å². The van der Waals surface area contributed by atoms with Crippen molar-refractivity contribution in [2.45, 2.75) is 18.1 Å². The molecular weight excluding hydrogens is 317 g/mol. The standard InChI is InChI=1S/C8H5BrF5NO2/c9-2-4-3(6(10)11)1-5(15-7(4)16)17-8(12,13)14/h1,6H,2H2,(H,15,16). The van der Waals surface area contributed by atoms with E-state index in [1.54, 1.807) is 4.98 Å². The number of aromatic amines is 1. The average molecular weight is 322 g/mol. The lowest BCUT2D eigenvalue weighted by molar-refractivity contribution is -0.276. The Morgan fingerprint density at radius 2 is 2.00 bits per heavy atom. The maximum Gasteiger partial charge on any atom is 0.574 e. The van der Waals surface area contributed by atoms with Crippen molar-refractivity contribution in [2.75, 3.05) is 0 Å². The van der Waals surface area contributed by atoms with Gasteiger partial charge in [-0.2, -0.15) is 0 Å². The van der Waals surface area contributed by atoms with Crippen LogP contribution in [0, 0.1) is 0 Å². The highest BCUT2D eigenvalue weighted by atomic mass is 79.9. The maximum absolute atomic E-state index is 12.5. The van der Waals surface area contributed by atoms with Crippen molar-refractivity contribution in [3.05, 3.63) is 27.5 Å². The predicted octanol–water partition coefficient (Wildman–Crippen LogP) is 3.11. The molecule has 0 fully saturated rings. The van der Waals surface area contributed by atoms with E-state index in [0.29, 0.717) is 6.07 Å². The number of alkyl halides is 6. The maximum atomic E-state index is 12.5. The Morgan fingerprint density at radius 3 is 2.41 bits per heavy atom. The fraction of sp³-hybridized carbons (Fsp3) is 0.375. The van der Waals surface area contributed by atoms with Crippen LogP contribution in [0.1, 0.15) is 17.6 Å². The first-order valence-electron chi connectivity index (χ1n) is 4.10. The molecule has 0 spiro atoms. The Bertz CT molecular complexity index is 456. The van der Waals surface area contributed by atoms with Gasteiger partial charge in [-0.25, -0.2) is 8.78 Å². The third-order valence-electron chi connectivity index (χ3n) is 1.74. The zero-order chi connectivity index (χ0) is 13.2. The summed E-state index contributed by atoms with van der Waals surface area (Å²) < 4.78 is 63.9. The van der Waals surface area contributed by atoms with Crippen molar-refractivity contribution in [1.82, 2.24) is 4.98 Å². The monoisotopic (exact) mass is 321 g/mol. The highest BCUT2D eigenvalue weighted by molar-refractivity contribution is 9.08. The SMILES string of the molecule is O=c1[nH]c(OC(F)(F)F)cc(C(F)F)c1CBr. The summed E-state index contributed by atoms with van der Waals surface area (Å²) in [6.45, 7) is 0. The van der Waals surface area contributed by atoms with Crippen LogP contribution >= 0.6 is 15.9 Å². The molecular formula is C8H5BrF5NO2. The molecule has 0 aliphatic heterocycles. The van der Waals surface area contributed by atoms with E-state index in [0.717, 1.165) is 0 Å². The largest absolute Gasteiger partial charge is 0.574 e. The quantitative estimate of drug-likeness (QED) is 0.686. The normalized spacial score (nSPS) is 11.9. The highest BCUT2D eigenvalue weighted by Crippen LogP contribution is 2.27. The van der Waals surface area contributed by atoms with Gasteiger partial charge in [-0.05, 0) is 0 Å². The molecule has 1 heterocycles. The van der Waals surface area contributed by atoms with Crippen molar-refractivity contribution in [1.29, 1.82) is 0 Å². The van der Waals surface area contributed by atoms with E-state index in [1.165, 1.54) is 0 Å². The van der Waals surface area contributed by atoms with Gasteiger partial charge in [0, 0.05) is 22.5 Å². The number of aromatic nitrogens is 1. The third kappa shape index (κ3) is 3.69. The van der Waals surface area contributed by atoms with E-state index < -0.39 is 29.8 Å². The van der Waals surface area contributed by atoms with E-state index in [-0.39, 0.29) is 10.9 Å². The number of halogens is 6. The van der Waals surface area contributed by atoms with Crippen LogP contribution in [0.15, 0.2) is 10.9 Å². The van der Waals surface area contributed by atoms with E-state index in [4.69, 9.17) is 0 Å². The molecule has 0 bridgehead atoms. The topological polar surface area (TPSA) is 42.1 Å². The number of rotatable bonds is 3. The second-order valence-corrected chi connectivity index (χ2v) is 3.44. The summed E-state index contributed by atoms with van der Waals surface area (Å²) in [5.74, 6) is -1.07. The molecule has 0 atom stereocenters. The minimum atomic E-state index is -5.06. The van der Waals surface area contributed by atoms with E-state index in [1.807, 2.05) is 0 Å². The fourth-order valence-electron chi connectivity index (χ4n) is 1.10. The highest BCUT2D eigenvalue weighted by Gasteiger charge is 2.32. The average Bonchev–Trinajstić information content (AvgIpc) is 2.13. The summed E-state index contributed by atoms with van der Waals surface area (Å²) in [5.41, 5.74) is -2.20. The first-order valence-corrected chi connectivity index (χ1v) is 5.22. The summed E-state index contributed by atoms with van der Waals surface area (Å²) in [6.07, 6.45) is -8.13. The molecule has 3 nitrogen and oxygen atoms in total. The first kappa shape index (κ1) is 13.9. The number of ether oxygens (including phenoxy) is 1. The van der Waals surface area contributed by atoms with Gasteiger partial charge in [0.25, 0.3) is 12.0 Å². The van der Waals surface area contributed by atoms with Crippen LogP contribution in [-0.2, 0) is 5.33 Å². The smallest absolute Gasteiger partial charge is 0.390 e. The van der Waals surface area contributed by atoms with Crippen molar-refractivity contribution in [3.63, 3.8) is 0 Å². The predicted molar refractivity (Wildman–Crippen MR) is 51.3 cm³/mol. The molecule has 0 aliphatic carbocycles. The molecule has 0 saturated heterocycles. The van der Waals surface area contributed by atoms with Gasteiger partial charge in [0.2, 0.25) is 5.88 Å². The molecule has 1 rings (SSSR count). The number of hydrogen-bond acceptors (Lipinski definition) is 2. The molecule has 0 aliphatic rings. The molecule has 1 aromatic rings. The van der Waals surface area contributed by atoms with E-state index >= 15 is 0 Å². The molecule has 0 aromatic carbocycles. The zero-order valence-electron chi connectivity index (χ0n) is 7.95. The lowest BCUT2D eigenvalue weighted by Gasteiger charge is -2.11. The molecule has 0 unspecified atom stereocenters. The molecule has 0 saturated carbocycles. The van der Waals surface area contributed by atoms with Crippen LogP contribution in [-0.4, -0.2) is 11.3 Å². The molecule has 96 valence electrons. The number of H-pyrrole nitrogens is 1. The second-order valence-electron chi connectivity index (χ2n) is 2.88. The minimum Gasteiger partial charge on any atom is -0.390 e. The number of hydrogen-bond donors (Lipinski definition) is 1. The van der Waals surface area contributed by atoms with Gasteiger partial charge in [0.1, 0.15) is 0 Å². The van der Waals surface area contributed by atoms with Crippen LogP contribution in [0.2, 0.25) is 0 Å². The van der Waals surface area contributed by atoms with Gasteiger partial charge < -0.3 is 4.74 Å². The molecule has 0 amide bonds. The Morgan fingerprint density at radius 1 is 1.41 bits per heavy atom. The number of nitrogens with one attached hydrogen (secondary N) is 1. The minimum absolute atomic E-state index is 0.200. The molecule has 1 aromatic heterocycles. The van der Waals surface area contributed by atoms with Crippen LogP contribution in [0.3, 0.4) is 0 Å². The van der Waals surface area contributed by atoms with Crippen molar-refractivity contribution < 1.29 is 26.7 Å². The van der Waals surface area contributed by atoms with Gasteiger partial charge >= 0.3 is 6.36 Å². The Balaban J connectivity index is 3.25. The molecule has 0 radical (unpaired) electrons. The fourth-order valence-corrected chi connectivity index (χ4v) is 1.67. The van der Waals surface area contributed by atoms with Gasteiger partial charge in [0.05, 0.1) is 0 Å². The van der Waals surface area contributed by atoms with Crippen molar-refractivity contribution in [3.8, 4) is 5.88 Å². The molecule has 17 heavy (non-hydrogen) atoms. The van der Waals surface area contributed by atoms with Gasteiger partial charge in [-0.15, -0.1) is 13.2 Å². The Kier molecular flexibility index (Phi) is 4.12.